The van der Waals surface area contributed by atoms with Crippen molar-refractivity contribution in [2.45, 2.75) is 26.3 Å². The first-order valence-corrected chi connectivity index (χ1v) is 11.1. The van der Waals surface area contributed by atoms with Crippen LogP contribution in [0.1, 0.15) is 36.9 Å². The van der Waals surface area contributed by atoms with E-state index in [1.807, 2.05) is 61.5 Å². The SMILES string of the molecule is CCc1cccc(N2C(=O)NC(c3cccc(F)c3)C(c3nc(-c4ccccc4)no3)=C2C)c1. The molecule has 2 heterocycles. The Morgan fingerprint density at radius 3 is 2.59 bits per heavy atom. The summed E-state index contributed by atoms with van der Waals surface area (Å²) < 4.78 is 19.8. The van der Waals surface area contributed by atoms with Crippen molar-refractivity contribution in [3.63, 3.8) is 0 Å². The van der Waals surface area contributed by atoms with Gasteiger partial charge in [-0.05, 0) is 48.7 Å². The van der Waals surface area contributed by atoms with Crippen molar-refractivity contribution in [3.05, 3.63) is 107 Å². The first-order valence-electron chi connectivity index (χ1n) is 11.1. The van der Waals surface area contributed by atoms with Crippen LogP contribution in [0.2, 0.25) is 0 Å². The maximum atomic E-state index is 14.1. The number of carbonyl (C=O) groups excluding carboxylic acids is 1. The molecule has 0 fully saturated rings. The lowest BCUT2D eigenvalue weighted by atomic mass is 9.94. The molecule has 7 heteroatoms. The van der Waals surface area contributed by atoms with Crippen LogP contribution >= 0.6 is 0 Å². The highest BCUT2D eigenvalue weighted by atomic mass is 19.1. The van der Waals surface area contributed by atoms with Crippen LogP contribution in [0.4, 0.5) is 14.9 Å². The molecular formula is C27H23FN4O2. The number of rotatable bonds is 5. The molecule has 1 atom stereocenters. The van der Waals surface area contributed by atoms with Crippen molar-refractivity contribution in [3.8, 4) is 11.4 Å². The molecule has 0 saturated carbocycles. The molecule has 0 spiro atoms. The van der Waals surface area contributed by atoms with Crippen molar-refractivity contribution in [1.29, 1.82) is 0 Å². The van der Waals surface area contributed by atoms with E-state index in [4.69, 9.17) is 4.52 Å². The van der Waals surface area contributed by atoms with Gasteiger partial charge in [0.05, 0.1) is 17.3 Å². The van der Waals surface area contributed by atoms with E-state index in [9.17, 15) is 9.18 Å². The van der Waals surface area contributed by atoms with E-state index in [1.165, 1.54) is 12.1 Å². The lowest BCUT2D eigenvalue weighted by Crippen LogP contribution is -2.46. The molecule has 34 heavy (non-hydrogen) atoms. The molecule has 0 bridgehead atoms. The van der Waals surface area contributed by atoms with Gasteiger partial charge >= 0.3 is 6.03 Å². The molecule has 0 radical (unpaired) electrons. The second-order valence-electron chi connectivity index (χ2n) is 8.08. The third-order valence-electron chi connectivity index (χ3n) is 5.93. The van der Waals surface area contributed by atoms with Crippen LogP contribution in [-0.2, 0) is 6.42 Å². The predicted octanol–water partition coefficient (Wildman–Crippen LogP) is 6.14. The van der Waals surface area contributed by atoms with E-state index in [1.54, 1.807) is 17.0 Å². The Morgan fingerprint density at radius 1 is 1.03 bits per heavy atom. The summed E-state index contributed by atoms with van der Waals surface area (Å²) in [6.45, 7) is 3.90. The van der Waals surface area contributed by atoms with Crippen LogP contribution in [0.15, 0.2) is 89.1 Å². The van der Waals surface area contributed by atoms with Crippen LogP contribution in [0.5, 0.6) is 0 Å². The molecule has 0 saturated heterocycles. The van der Waals surface area contributed by atoms with Gasteiger partial charge in [-0.25, -0.2) is 9.18 Å². The lowest BCUT2D eigenvalue weighted by Gasteiger charge is -2.35. The largest absolute Gasteiger partial charge is 0.334 e. The fourth-order valence-electron chi connectivity index (χ4n) is 4.22. The summed E-state index contributed by atoms with van der Waals surface area (Å²) in [7, 11) is 0. The first-order chi connectivity index (χ1) is 16.5. The molecule has 5 rings (SSSR count). The molecule has 1 aromatic heterocycles. The monoisotopic (exact) mass is 454 g/mol. The molecule has 0 aliphatic carbocycles. The minimum absolute atomic E-state index is 0.266. The Hall–Kier alpha value is -4.26. The zero-order chi connectivity index (χ0) is 23.7. The Kier molecular flexibility index (Phi) is 5.67. The average molecular weight is 455 g/mol. The summed E-state index contributed by atoms with van der Waals surface area (Å²) in [5.41, 5.74) is 4.48. The van der Waals surface area contributed by atoms with Crippen molar-refractivity contribution in [1.82, 2.24) is 15.5 Å². The highest BCUT2D eigenvalue weighted by Crippen LogP contribution is 2.39. The number of aryl methyl sites for hydroxylation is 1. The number of aromatic nitrogens is 2. The third-order valence-corrected chi connectivity index (χ3v) is 5.93. The quantitative estimate of drug-likeness (QED) is 0.393. The Balaban J connectivity index is 1.67. The second kappa shape index (κ2) is 8.94. The fourth-order valence-corrected chi connectivity index (χ4v) is 4.22. The number of hydrogen-bond acceptors (Lipinski definition) is 4. The molecule has 4 aromatic rings. The van der Waals surface area contributed by atoms with Gasteiger partial charge in [-0.3, -0.25) is 4.90 Å². The predicted molar refractivity (Wildman–Crippen MR) is 128 cm³/mol. The van der Waals surface area contributed by atoms with Gasteiger partial charge in [0.15, 0.2) is 0 Å². The standard InChI is InChI=1S/C27H23FN4O2/c1-3-18-9-7-14-22(15-18)32-17(2)23(24(29-27(32)33)20-12-8-13-21(28)16-20)26-30-25(31-34-26)19-10-5-4-6-11-19/h4-16,24H,3H2,1-2H3,(H,29,33). The summed E-state index contributed by atoms with van der Waals surface area (Å²) in [5.74, 6) is 0.310. The number of hydrogen-bond donors (Lipinski definition) is 1. The van der Waals surface area contributed by atoms with Gasteiger partial charge in [0, 0.05) is 11.3 Å². The normalized spacial score (nSPS) is 16.0. The van der Waals surface area contributed by atoms with Gasteiger partial charge in [-0.1, -0.05) is 66.7 Å². The van der Waals surface area contributed by atoms with Crippen molar-refractivity contribution in [2.75, 3.05) is 4.90 Å². The van der Waals surface area contributed by atoms with Crippen molar-refractivity contribution < 1.29 is 13.7 Å². The summed E-state index contributed by atoms with van der Waals surface area (Å²) in [4.78, 5) is 19.5. The third kappa shape index (κ3) is 3.96. The number of nitrogens with zero attached hydrogens (tertiary/aromatic N) is 3. The number of urea groups is 1. The summed E-state index contributed by atoms with van der Waals surface area (Å²) in [5, 5.41) is 7.17. The van der Waals surface area contributed by atoms with Gasteiger partial charge in [0.25, 0.3) is 5.89 Å². The Bertz CT molecular complexity index is 1380. The van der Waals surface area contributed by atoms with Crippen molar-refractivity contribution in [2.24, 2.45) is 0 Å². The van der Waals surface area contributed by atoms with Crippen LogP contribution in [-0.4, -0.2) is 16.2 Å². The molecule has 1 unspecified atom stereocenters. The molecule has 1 aliphatic rings. The molecule has 1 N–H and O–H groups in total. The van der Waals surface area contributed by atoms with E-state index in [0.29, 0.717) is 22.7 Å². The van der Waals surface area contributed by atoms with Crippen LogP contribution in [0, 0.1) is 5.82 Å². The number of carbonyl (C=O) groups is 1. The Labute approximate surface area is 196 Å². The molecular weight excluding hydrogens is 431 g/mol. The van der Waals surface area contributed by atoms with Crippen LogP contribution < -0.4 is 10.2 Å². The minimum atomic E-state index is -0.655. The second-order valence-corrected chi connectivity index (χ2v) is 8.08. The summed E-state index contributed by atoms with van der Waals surface area (Å²) in [6.07, 6.45) is 0.842. The molecule has 170 valence electrons. The van der Waals surface area contributed by atoms with E-state index in [-0.39, 0.29) is 11.9 Å². The van der Waals surface area contributed by atoms with Gasteiger partial charge in [0.2, 0.25) is 5.82 Å². The highest BCUT2D eigenvalue weighted by Gasteiger charge is 2.36. The van der Waals surface area contributed by atoms with Gasteiger partial charge in [0.1, 0.15) is 5.82 Å². The lowest BCUT2D eigenvalue weighted by molar-refractivity contribution is 0.244. The van der Waals surface area contributed by atoms with E-state index in [0.717, 1.165) is 23.2 Å². The number of allylic oxidation sites excluding steroid dienone is 1. The number of benzene rings is 3. The zero-order valence-electron chi connectivity index (χ0n) is 18.8. The number of halogens is 1. The average Bonchev–Trinajstić information content (AvgIpc) is 3.34. The minimum Gasteiger partial charge on any atom is -0.334 e. The maximum absolute atomic E-state index is 14.1. The number of anilines is 1. The first kappa shape index (κ1) is 21.6. The number of nitrogens with one attached hydrogen (secondary N) is 1. The fraction of sp³-hybridized carbons (Fsp3) is 0.148. The topological polar surface area (TPSA) is 71.3 Å². The van der Waals surface area contributed by atoms with Crippen LogP contribution in [0.25, 0.3) is 17.0 Å². The van der Waals surface area contributed by atoms with E-state index >= 15 is 0 Å². The Morgan fingerprint density at radius 2 is 1.82 bits per heavy atom. The molecule has 6 nitrogen and oxygen atoms in total. The zero-order valence-corrected chi connectivity index (χ0v) is 18.8. The summed E-state index contributed by atoms with van der Waals surface area (Å²) >= 11 is 0. The maximum Gasteiger partial charge on any atom is 0.326 e. The van der Waals surface area contributed by atoms with Crippen molar-refractivity contribution >= 4 is 17.3 Å². The van der Waals surface area contributed by atoms with Gasteiger partial charge in [-0.2, -0.15) is 4.98 Å². The highest BCUT2D eigenvalue weighted by molar-refractivity contribution is 6.01. The number of amides is 2. The molecule has 3 aromatic carbocycles. The summed E-state index contributed by atoms with van der Waals surface area (Å²) in [6, 6.07) is 22.5. The smallest absolute Gasteiger partial charge is 0.326 e. The van der Waals surface area contributed by atoms with Gasteiger partial charge in [-0.15, -0.1) is 0 Å². The van der Waals surface area contributed by atoms with Crippen LogP contribution in [0.3, 0.4) is 0 Å². The molecule has 2 amide bonds. The van der Waals surface area contributed by atoms with E-state index in [2.05, 4.69) is 22.4 Å². The van der Waals surface area contributed by atoms with Gasteiger partial charge < -0.3 is 9.84 Å². The van der Waals surface area contributed by atoms with E-state index < -0.39 is 11.9 Å². The molecule has 1 aliphatic heterocycles.